The number of pyridine rings is 1. The molecule has 1 unspecified atom stereocenters. The SMILES string of the molecule is CCOP(=O)(O)CCc1ccc(C(=N)N)cc1OCCNC(=O)C1CCN(c2ccncc2)CC1. The number of hydrogen-bond acceptors (Lipinski definition) is 7. The van der Waals surface area contributed by atoms with Crippen molar-refractivity contribution in [2.75, 3.05) is 43.9 Å². The quantitative estimate of drug-likeness (QED) is 0.149. The molecule has 5 N–H and O–H groups in total. The molecule has 1 atom stereocenters. The highest BCUT2D eigenvalue weighted by molar-refractivity contribution is 7.52. The highest BCUT2D eigenvalue weighted by Crippen LogP contribution is 2.42. The van der Waals surface area contributed by atoms with Crippen molar-refractivity contribution in [1.82, 2.24) is 10.3 Å². The van der Waals surface area contributed by atoms with Gasteiger partial charge in [-0.15, -0.1) is 0 Å². The fourth-order valence-electron chi connectivity index (χ4n) is 4.03. The number of rotatable bonds is 12. The van der Waals surface area contributed by atoms with Gasteiger partial charge in [0.1, 0.15) is 18.2 Å². The number of nitrogens with one attached hydrogen (secondary N) is 2. The van der Waals surface area contributed by atoms with Crippen LogP contribution in [0, 0.1) is 11.3 Å². The highest BCUT2D eigenvalue weighted by atomic mass is 31.2. The number of ether oxygens (including phenoxy) is 1. The summed E-state index contributed by atoms with van der Waals surface area (Å²) in [5.41, 5.74) is 7.92. The number of piperidine rings is 1. The van der Waals surface area contributed by atoms with Gasteiger partial charge in [-0.25, -0.2) is 0 Å². The molecule has 1 aliphatic heterocycles. The second-order valence-corrected chi connectivity index (χ2v) is 10.4. The maximum Gasteiger partial charge on any atom is 0.328 e. The van der Waals surface area contributed by atoms with Crippen molar-refractivity contribution >= 4 is 25.0 Å². The number of nitrogen functional groups attached to an aromatic ring is 1. The van der Waals surface area contributed by atoms with Gasteiger partial charge in [-0.05, 0) is 49.9 Å². The molecule has 3 rings (SSSR count). The van der Waals surface area contributed by atoms with E-state index in [-0.39, 0.29) is 43.5 Å². The first-order chi connectivity index (χ1) is 16.8. The molecule has 11 heteroatoms. The Kier molecular flexibility index (Phi) is 9.65. The summed E-state index contributed by atoms with van der Waals surface area (Å²) in [5.74, 6) is 0.338. The van der Waals surface area contributed by atoms with E-state index in [2.05, 4.69) is 15.2 Å². The number of amidine groups is 1. The zero-order chi connectivity index (χ0) is 25.3. The second kappa shape index (κ2) is 12.7. The number of carbonyl (C=O) groups excluding carboxylic acids is 1. The van der Waals surface area contributed by atoms with Crippen molar-refractivity contribution < 1.29 is 23.5 Å². The predicted octanol–water partition coefficient (Wildman–Crippen LogP) is 2.54. The van der Waals surface area contributed by atoms with Crippen LogP contribution in [0.1, 0.15) is 30.9 Å². The molecule has 2 heterocycles. The van der Waals surface area contributed by atoms with Crippen LogP contribution in [-0.2, 0) is 20.3 Å². The van der Waals surface area contributed by atoms with Crippen LogP contribution in [-0.4, -0.2) is 60.6 Å². The van der Waals surface area contributed by atoms with Crippen LogP contribution in [0.3, 0.4) is 0 Å². The molecule has 0 bridgehead atoms. The zero-order valence-electron chi connectivity index (χ0n) is 20.0. The van der Waals surface area contributed by atoms with Gasteiger partial charge in [-0.2, -0.15) is 0 Å². The Bertz CT molecular complexity index is 1040. The van der Waals surface area contributed by atoms with Crippen LogP contribution in [0.15, 0.2) is 42.7 Å². The first-order valence-corrected chi connectivity index (χ1v) is 13.5. The van der Waals surface area contributed by atoms with E-state index < -0.39 is 7.60 Å². The van der Waals surface area contributed by atoms with Crippen LogP contribution in [0.4, 0.5) is 5.69 Å². The first kappa shape index (κ1) is 26.7. The molecule has 10 nitrogen and oxygen atoms in total. The van der Waals surface area contributed by atoms with Crippen molar-refractivity contribution in [3.8, 4) is 5.75 Å². The van der Waals surface area contributed by atoms with Gasteiger partial charge in [0.2, 0.25) is 5.91 Å². The van der Waals surface area contributed by atoms with E-state index in [0.29, 0.717) is 23.4 Å². The van der Waals surface area contributed by atoms with Crippen molar-refractivity contribution in [2.24, 2.45) is 11.7 Å². The number of carbonyl (C=O) groups is 1. The summed E-state index contributed by atoms with van der Waals surface area (Å²) >= 11 is 0. The standard InChI is InChI=1S/C24H34N5O5P/c1-2-34-35(31,32)16-9-18-3-4-20(23(25)26)17-22(18)33-15-12-28-24(30)19-7-13-29(14-8-19)21-5-10-27-11-6-21/h3-6,10-11,17,19H,2,7-9,12-16H2,1H3,(H3,25,26)(H,28,30)(H,31,32). The Hall–Kier alpha value is -2.94. The molecule has 0 spiro atoms. The summed E-state index contributed by atoms with van der Waals surface area (Å²) in [4.78, 5) is 28.8. The first-order valence-electron chi connectivity index (χ1n) is 11.8. The lowest BCUT2D eigenvalue weighted by molar-refractivity contribution is -0.125. The van der Waals surface area contributed by atoms with Crippen LogP contribution >= 0.6 is 7.60 Å². The predicted molar refractivity (Wildman–Crippen MR) is 135 cm³/mol. The van der Waals surface area contributed by atoms with E-state index in [1.807, 2.05) is 12.1 Å². The van der Waals surface area contributed by atoms with Crippen molar-refractivity contribution in [3.05, 3.63) is 53.9 Å². The molecule has 35 heavy (non-hydrogen) atoms. The van der Waals surface area contributed by atoms with Gasteiger partial charge in [0, 0.05) is 42.7 Å². The summed E-state index contributed by atoms with van der Waals surface area (Å²) in [6.45, 7) is 4.00. The summed E-state index contributed by atoms with van der Waals surface area (Å²) in [7, 11) is -3.68. The summed E-state index contributed by atoms with van der Waals surface area (Å²) in [6.07, 6.45) is 5.32. The average Bonchev–Trinajstić information content (AvgIpc) is 2.86. The Morgan fingerprint density at radius 1 is 1.29 bits per heavy atom. The van der Waals surface area contributed by atoms with Crippen LogP contribution in [0.5, 0.6) is 5.75 Å². The van der Waals surface area contributed by atoms with Crippen LogP contribution < -0.4 is 20.7 Å². The number of hydrogen-bond donors (Lipinski definition) is 4. The molecule has 1 saturated heterocycles. The fourth-order valence-corrected chi connectivity index (χ4v) is 5.08. The molecule has 0 saturated carbocycles. The van der Waals surface area contributed by atoms with E-state index in [1.165, 1.54) is 0 Å². The third-order valence-electron chi connectivity index (χ3n) is 5.93. The lowest BCUT2D eigenvalue weighted by Crippen LogP contribution is -2.41. The molecular formula is C24H34N5O5P. The number of nitrogens with two attached hydrogens (primary N) is 1. The lowest BCUT2D eigenvalue weighted by Gasteiger charge is -2.32. The highest BCUT2D eigenvalue weighted by Gasteiger charge is 2.25. The molecule has 0 radical (unpaired) electrons. The largest absolute Gasteiger partial charge is 0.491 e. The maximum atomic E-state index is 12.6. The van der Waals surface area contributed by atoms with E-state index in [4.69, 9.17) is 20.4 Å². The van der Waals surface area contributed by atoms with Crippen LogP contribution in [0.25, 0.3) is 0 Å². The Morgan fingerprint density at radius 3 is 2.66 bits per heavy atom. The maximum absolute atomic E-state index is 12.6. The zero-order valence-corrected chi connectivity index (χ0v) is 20.9. The van der Waals surface area contributed by atoms with Gasteiger partial charge in [-0.1, -0.05) is 12.1 Å². The van der Waals surface area contributed by atoms with E-state index in [1.54, 1.807) is 37.5 Å². The number of aryl methyl sites for hydroxylation is 1. The van der Waals surface area contributed by atoms with E-state index >= 15 is 0 Å². The second-order valence-electron chi connectivity index (χ2n) is 8.37. The number of benzene rings is 1. The number of aromatic nitrogens is 1. The third kappa shape index (κ3) is 8.06. The fraction of sp³-hybridized carbons (Fsp3) is 0.458. The van der Waals surface area contributed by atoms with Crippen molar-refractivity contribution in [1.29, 1.82) is 5.41 Å². The van der Waals surface area contributed by atoms with Gasteiger partial charge < -0.3 is 30.1 Å². The van der Waals surface area contributed by atoms with Crippen LogP contribution in [0.2, 0.25) is 0 Å². The molecule has 2 aromatic rings. The van der Waals surface area contributed by atoms with E-state index in [0.717, 1.165) is 31.6 Å². The normalized spacial score (nSPS) is 15.9. The van der Waals surface area contributed by atoms with Gasteiger partial charge in [0.25, 0.3) is 0 Å². The van der Waals surface area contributed by atoms with Gasteiger partial charge >= 0.3 is 7.60 Å². The van der Waals surface area contributed by atoms with Gasteiger partial charge in [0.15, 0.2) is 0 Å². The molecule has 1 aromatic carbocycles. The number of anilines is 1. The van der Waals surface area contributed by atoms with Gasteiger partial charge in [-0.3, -0.25) is 19.8 Å². The third-order valence-corrected chi connectivity index (χ3v) is 7.38. The Morgan fingerprint density at radius 2 is 2.00 bits per heavy atom. The summed E-state index contributed by atoms with van der Waals surface area (Å²) in [6, 6.07) is 8.99. The Balaban J connectivity index is 1.49. The monoisotopic (exact) mass is 503 g/mol. The minimum atomic E-state index is -3.68. The molecular weight excluding hydrogens is 469 g/mol. The van der Waals surface area contributed by atoms with Crippen molar-refractivity contribution in [2.45, 2.75) is 26.2 Å². The molecule has 1 amide bonds. The summed E-state index contributed by atoms with van der Waals surface area (Å²) in [5, 5.41) is 10.6. The minimum Gasteiger partial charge on any atom is -0.491 e. The number of amides is 1. The molecule has 0 aliphatic carbocycles. The smallest absolute Gasteiger partial charge is 0.328 e. The molecule has 190 valence electrons. The lowest BCUT2D eigenvalue weighted by atomic mass is 9.95. The van der Waals surface area contributed by atoms with Gasteiger partial charge in [0.05, 0.1) is 19.3 Å². The Labute approximate surface area is 205 Å². The topological polar surface area (TPSA) is 151 Å². The molecule has 1 fully saturated rings. The van der Waals surface area contributed by atoms with Crippen molar-refractivity contribution in [3.63, 3.8) is 0 Å². The minimum absolute atomic E-state index is 0.0126. The van der Waals surface area contributed by atoms with E-state index in [9.17, 15) is 14.3 Å². The molecule has 1 aromatic heterocycles. The summed E-state index contributed by atoms with van der Waals surface area (Å²) < 4.78 is 22.8. The average molecular weight is 504 g/mol. The molecule has 1 aliphatic rings. The number of nitrogens with zero attached hydrogens (tertiary/aromatic N) is 2.